The molecular weight excluding hydrogens is 383 g/mol. The maximum atomic E-state index is 11.1. The van der Waals surface area contributed by atoms with Gasteiger partial charge in [-0.1, -0.05) is 0 Å². The third-order valence-corrected chi connectivity index (χ3v) is 4.21. The summed E-state index contributed by atoms with van der Waals surface area (Å²) in [4.78, 5) is 26.2. The number of fused-ring (bicyclic) bond motifs is 1. The summed E-state index contributed by atoms with van der Waals surface area (Å²) in [6.07, 6.45) is -1.90. The zero-order valence-electron chi connectivity index (χ0n) is 14.4. The third kappa shape index (κ3) is 4.42. The fraction of sp³-hybridized carbons (Fsp3) is 0.615. The average Bonchev–Trinajstić information content (AvgIpc) is 3.15. The number of hydrogen-bond acceptors (Lipinski definition) is 11. The van der Waals surface area contributed by atoms with Crippen molar-refractivity contribution in [2.75, 3.05) is 31.7 Å². The number of rotatable bonds is 8. The molecule has 2 aromatic heterocycles. The van der Waals surface area contributed by atoms with Gasteiger partial charge < -0.3 is 30.9 Å². The van der Waals surface area contributed by atoms with E-state index in [-0.39, 0.29) is 6.61 Å². The number of aliphatic hydroxyl groups is 2. The minimum atomic E-state index is -3.84. The molecule has 1 saturated heterocycles. The normalized spacial score (nSPS) is 27.7. The SMILES string of the molecule is CP(=O)(O)OOC[C@H]1O[C@@H](n2cnc3c(NCCN)ncnc32)[C@H](O)[C@@H]1O. The second-order valence-corrected chi connectivity index (χ2v) is 7.73. The molecule has 1 fully saturated rings. The Balaban J connectivity index is 1.77. The molecule has 3 heterocycles. The number of anilines is 1. The summed E-state index contributed by atoms with van der Waals surface area (Å²) < 4.78 is 22.4. The van der Waals surface area contributed by atoms with Gasteiger partial charge in [0.25, 0.3) is 0 Å². The van der Waals surface area contributed by atoms with E-state index in [1.54, 1.807) is 0 Å². The number of aliphatic hydroxyl groups excluding tert-OH is 2. The molecule has 150 valence electrons. The van der Waals surface area contributed by atoms with E-state index < -0.39 is 32.1 Å². The highest BCUT2D eigenvalue weighted by molar-refractivity contribution is 7.51. The number of nitrogens with two attached hydrogens (primary N) is 1. The van der Waals surface area contributed by atoms with Crippen LogP contribution in [0.1, 0.15) is 6.23 Å². The van der Waals surface area contributed by atoms with Crippen molar-refractivity contribution in [3.05, 3.63) is 12.7 Å². The highest BCUT2D eigenvalue weighted by Gasteiger charge is 2.44. The zero-order chi connectivity index (χ0) is 19.6. The third-order valence-electron chi connectivity index (χ3n) is 3.83. The van der Waals surface area contributed by atoms with Gasteiger partial charge in [-0.3, -0.25) is 9.13 Å². The Hall–Kier alpha value is -1.70. The van der Waals surface area contributed by atoms with Crippen LogP contribution in [0.4, 0.5) is 5.82 Å². The molecule has 0 spiro atoms. The van der Waals surface area contributed by atoms with Gasteiger partial charge in [0.05, 0.1) is 6.33 Å². The van der Waals surface area contributed by atoms with Crippen molar-refractivity contribution in [1.29, 1.82) is 0 Å². The van der Waals surface area contributed by atoms with Crippen molar-refractivity contribution in [3.8, 4) is 0 Å². The van der Waals surface area contributed by atoms with Crippen LogP contribution in [-0.4, -0.2) is 79.3 Å². The standard InChI is InChI=1S/C13H21N6O7P/c1-27(22,23)26-24-4-7-9(20)10(21)13(25-7)19-6-18-8-11(15-3-2-14)16-5-17-12(8)19/h5-7,9-10,13,20-21H,2-4,14H2,1H3,(H,22,23)(H,15,16,17)/t7-,9-,10-,13-/m1/s1. The van der Waals surface area contributed by atoms with Crippen LogP contribution in [0.3, 0.4) is 0 Å². The number of ether oxygens (including phenoxy) is 1. The predicted octanol–water partition coefficient (Wildman–Crippen LogP) is -1.42. The van der Waals surface area contributed by atoms with Gasteiger partial charge in [0.2, 0.25) is 0 Å². The predicted molar refractivity (Wildman–Crippen MR) is 91.6 cm³/mol. The zero-order valence-corrected chi connectivity index (χ0v) is 15.3. The monoisotopic (exact) mass is 404 g/mol. The molecule has 14 heteroatoms. The van der Waals surface area contributed by atoms with Crippen molar-refractivity contribution >= 4 is 24.6 Å². The molecular formula is C13H21N6O7P. The van der Waals surface area contributed by atoms with Crippen LogP contribution < -0.4 is 11.1 Å². The van der Waals surface area contributed by atoms with Crippen LogP contribution in [0.25, 0.3) is 11.2 Å². The van der Waals surface area contributed by atoms with Crippen LogP contribution in [0.15, 0.2) is 12.7 Å². The van der Waals surface area contributed by atoms with Gasteiger partial charge >= 0.3 is 7.60 Å². The molecule has 0 aromatic carbocycles. The van der Waals surface area contributed by atoms with E-state index in [1.165, 1.54) is 17.2 Å². The first-order chi connectivity index (χ1) is 12.8. The van der Waals surface area contributed by atoms with E-state index in [4.69, 9.17) is 15.4 Å². The Morgan fingerprint density at radius 1 is 1.37 bits per heavy atom. The highest BCUT2D eigenvalue weighted by atomic mass is 31.2. The summed E-state index contributed by atoms with van der Waals surface area (Å²) in [5, 5.41) is 23.5. The Kier molecular flexibility index (Phi) is 6.03. The topological polar surface area (TPSA) is 187 Å². The number of hydrogen-bond donors (Lipinski definition) is 5. The Bertz CT molecular complexity index is 829. The van der Waals surface area contributed by atoms with Crippen molar-refractivity contribution in [2.24, 2.45) is 5.73 Å². The van der Waals surface area contributed by atoms with E-state index in [1.807, 2.05) is 0 Å². The molecule has 0 radical (unpaired) electrons. The van der Waals surface area contributed by atoms with Crippen LogP contribution in [0.2, 0.25) is 0 Å². The first-order valence-electron chi connectivity index (χ1n) is 8.06. The molecule has 0 aliphatic carbocycles. The minimum Gasteiger partial charge on any atom is -0.387 e. The molecule has 0 bridgehead atoms. The lowest BCUT2D eigenvalue weighted by molar-refractivity contribution is -0.238. The molecule has 1 aliphatic rings. The molecule has 1 aliphatic heterocycles. The van der Waals surface area contributed by atoms with Crippen molar-refractivity contribution in [1.82, 2.24) is 19.5 Å². The van der Waals surface area contributed by atoms with E-state index in [0.29, 0.717) is 30.1 Å². The van der Waals surface area contributed by atoms with E-state index in [2.05, 4.69) is 29.8 Å². The molecule has 0 saturated carbocycles. The lowest BCUT2D eigenvalue weighted by Gasteiger charge is -2.16. The molecule has 3 rings (SSSR count). The molecule has 5 atom stereocenters. The Morgan fingerprint density at radius 3 is 2.85 bits per heavy atom. The first kappa shape index (κ1) is 20.0. The number of nitrogens with one attached hydrogen (secondary N) is 1. The molecule has 0 amide bonds. The fourth-order valence-electron chi connectivity index (χ4n) is 2.65. The smallest absolute Gasteiger partial charge is 0.352 e. The number of nitrogens with zero attached hydrogens (tertiary/aromatic N) is 4. The molecule has 27 heavy (non-hydrogen) atoms. The number of imidazole rings is 1. The highest BCUT2D eigenvalue weighted by Crippen LogP contribution is 2.37. The summed E-state index contributed by atoms with van der Waals surface area (Å²) in [7, 11) is -3.84. The molecule has 6 N–H and O–H groups in total. The first-order valence-corrected chi connectivity index (χ1v) is 10.1. The van der Waals surface area contributed by atoms with Crippen LogP contribution in [-0.2, 0) is 18.9 Å². The number of aromatic nitrogens is 4. The maximum absolute atomic E-state index is 11.1. The van der Waals surface area contributed by atoms with E-state index >= 15 is 0 Å². The molecule has 13 nitrogen and oxygen atoms in total. The lowest BCUT2D eigenvalue weighted by atomic mass is 10.1. The van der Waals surface area contributed by atoms with Crippen molar-refractivity contribution < 1.29 is 34.0 Å². The van der Waals surface area contributed by atoms with Gasteiger partial charge in [-0.2, -0.15) is 0 Å². The van der Waals surface area contributed by atoms with Crippen LogP contribution >= 0.6 is 7.60 Å². The Morgan fingerprint density at radius 2 is 2.15 bits per heavy atom. The average molecular weight is 404 g/mol. The van der Waals surface area contributed by atoms with E-state index in [9.17, 15) is 14.8 Å². The van der Waals surface area contributed by atoms with Crippen LogP contribution in [0, 0.1) is 0 Å². The summed E-state index contributed by atoms with van der Waals surface area (Å²) in [6, 6.07) is 0. The summed E-state index contributed by atoms with van der Waals surface area (Å²) in [5.74, 6) is 0.479. The summed E-state index contributed by atoms with van der Waals surface area (Å²) >= 11 is 0. The second kappa shape index (κ2) is 8.12. The van der Waals surface area contributed by atoms with Gasteiger partial charge in [-0.25, -0.2) is 19.8 Å². The van der Waals surface area contributed by atoms with Gasteiger partial charge in [-0.15, -0.1) is 4.67 Å². The van der Waals surface area contributed by atoms with Gasteiger partial charge in [0, 0.05) is 19.8 Å². The van der Waals surface area contributed by atoms with E-state index in [0.717, 1.165) is 6.66 Å². The quantitative estimate of drug-likeness (QED) is 0.197. The summed E-state index contributed by atoms with van der Waals surface area (Å²) in [6.45, 7) is 1.49. The Labute approximate surface area is 153 Å². The molecule has 2 aromatic rings. The summed E-state index contributed by atoms with van der Waals surface area (Å²) in [5.41, 5.74) is 6.30. The van der Waals surface area contributed by atoms with Crippen LogP contribution in [0.5, 0.6) is 0 Å². The van der Waals surface area contributed by atoms with Gasteiger partial charge in [-0.05, 0) is 0 Å². The van der Waals surface area contributed by atoms with Crippen molar-refractivity contribution in [2.45, 2.75) is 24.5 Å². The lowest BCUT2D eigenvalue weighted by Crippen LogP contribution is -2.33. The van der Waals surface area contributed by atoms with Crippen molar-refractivity contribution in [3.63, 3.8) is 0 Å². The second-order valence-electron chi connectivity index (χ2n) is 5.97. The van der Waals surface area contributed by atoms with Gasteiger partial charge in [0.15, 0.2) is 23.2 Å². The molecule has 1 unspecified atom stereocenters. The minimum absolute atomic E-state index is 0.363. The van der Waals surface area contributed by atoms with Gasteiger partial charge in [0.1, 0.15) is 31.2 Å². The fourth-order valence-corrected chi connectivity index (χ4v) is 2.91. The maximum Gasteiger partial charge on any atom is 0.352 e. The largest absolute Gasteiger partial charge is 0.387 e.